The van der Waals surface area contributed by atoms with Crippen molar-refractivity contribution in [2.75, 3.05) is 26.2 Å². The topological polar surface area (TPSA) is 70.7 Å². The van der Waals surface area contributed by atoms with E-state index >= 15 is 0 Å². The van der Waals surface area contributed by atoms with E-state index in [0.29, 0.717) is 31.5 Å². The average Bonchev–Trinajstić information content (AvgIpc) is 2.92. The molecule has 3 rings (SSSR count). The molecule has 0 unspecified atom stereocenters. The highest BCUT2D eigenvalue weighted by Crippen LogP contribution is 2.32. The second kappa shape index (κ2) is 8.39. The molecular formula is C19H33N3O3. The molecule has 6 nitrogen and oxygen atoms in total. The van der Waals surface area contributed by atoms with Gasteiger partial charge >= 0.3 is 6.03 Å². The zero-order chi connectivity index (χ0) is 17.8. The smallest absolute Gasteiger partial charge is 0.317 e. The lowest BCUT2D eigenvalue weighted by atomic mass is 9.89. The van der Waals surface area contributed by atoms with E-state index in [4.69, 9.17) is 4.74 Å². The van der Waals surface area contributed by atoms with E-state index in [-0.39, 0.29) is 30.1 Å². The number of fused-ring (bicyclic) bond motifs is 2. The van der Waals surface area contributed by atoms with Crippen LogP contribution in [0.4, 0.5) is 4.79 Å². The molecule has 25 heavy (non-hydrogen) atoms. The van der Waals surface area contributed by atoms with Gasteiger partial charge in [-0.25, -0.2) is 4.79 Å². The Morgan fingerprint density at radius 3 is 2.60 bits per heavy atom. The maximum atomic E-state index is 12.5. The highest BCUT2D eigenvalue weighted by Gasteiger charge is 2.45. The van der Waals surface area contributed by atoms with Crippen molar-refractivity contribution in [3.05, 3.63) is 0 Å². The summed E-state index contributed by atoms with van der Waals surface area (Å²) in [5, 5.41) is 6.12. The molecule has 2 saturated heterocycles. The molecule has 0 radical (unpaired) electrons. The first-order valence-electron chi connectivity index (χ1n) is 9.99. The number of ether oxygens (including phenoxy) is 1. The fourth-order valence-electron chi connectivity index (χ4n) is 4.27. The molecular weight excluding hydrogens is 318 g/mol. The van der Waals surface area contributed by atoms with Gasteiger partial charge in [0.2, 0.25) is 5.91 Å². The van der Waals surface area contributed by atoms with Crippen molar-refractivity contribution >= 4 is 11.9 Å². The maximum absolute atomic E-state index is 12.5. The summed E-state index contributed by atoms with van der Waals surface area (Å²) in [4.78, 5) is 26.7. The first kappa shape index (κ1) is 18.5. The van der Waals surface area contributed by atoms with Crippen LogP contribution in [0.1, 0.15) is 52.4 Å². The molecule has 0 aromatic rings. The van der Waals surface area contributed by atoms with E-state index in [0.717, 1.165) is 13.0 Å². The molecule has 1 saturated carbocycles. The van der Waals surface area contributed by atoms with Gasteiger partial charge in [0.1, 0.15) is 0 Å². The summed E-state index contributed by atoms with van der Waals surface area (Å²) in [7, 11) is 0. The van der Waals surface area contributed by atoms with Gasteiger partial charge in [0.15, 0.2) is 0 Å². The van der Waals surface area contributed by atoms with Gasteiger partial charge in [-0.05, 0) is 31.1 Å². The zero-order valence-electron chi connectivity index (χ0n) is 15.6. The Morgan fingerprint density at radius 2 is 1.88 bits per heavy atom. The zero-order valence-corrected chi connectivity index (χ0v) is 15.6. The summed E-state index contributed by atoms with van der Waals surface area (Å²) in [5.41, 5.74) is 0. The molecule has 3 aliphatic rings. The van der Waals surface area contributed by atoms with Crippen molar-refractivity contribution in [3.8, 4) is 0 Å². The number of nitrogens with one attached hydrogen (secondary N) is 2. The molecule has 2 aliphatic heterocycles. The summed E-state index contributed by atoms with van der Waals surface area (Å²) in [6.45, 7) is 6.76. The standard InChI is InChI=1S/C19H33N3O3/c1-13(2)9-20-18(23)16-8-15-11-22(12-17(16)25-15)19(24)21-10-14-6-4-3-5-7-14/h13-17H,3-12H2,1-2H3,(H,20,23)(H,21,24)/t15-,16+,17-/m1/s1. The number of urea groups is 1. The van der Waals surface area contributed by atoms with Crippen LogP contribution in [0.25, 0.3) is 0 Å². The first-order chi connectivity index (χ1) is 12.0. The summed E-state index contributed by atoms with van der Waals surface area (Å²) < 4.78 is 5.93. The van der Waals surface area contributed by atoms with Crippen molar-refractivity contribution in [1.29, 1.82) is 0 Å². The molecule has 0 aromatic heterocycles. The second-order valence-electron chi connectivity index (χ2n) is 8.37. The molecule has 2 N–H and O–H groups in total. The molecule has 3 atom stereocenters. The van der Waals surface area contributed by atoms with Gasteiger partial charge < -0.3 is 20.3 Å². The minimum absolute atomic E-state index is 0.00557. The van der Waals surface area contributed by atoms with E-state index in [2.05, 4.69) is 24.5 Å². The minimum Gasteiger partial charge on any atom is -0.370 e. The monoisotopic (exact) mass is 351 g/mol. The number of carbonyl (C=O) groups excluding carboxylic acids is 2. The van der Waals surface area contributed by atoms with Gasteiger partial charge in [0, 0.05) is 26.2 Å². The third kappa shape index (κ3) is 4.87. The Morgan fingerprint density at radius 1 is 1.12 bits per heavy atom. The average molecular weight is 351 g/mol. The first-order valence-corrected chi connectivity index (χ1v) is 9.99. The predicted octanol–water partition coefficient (Wildman–Crippen LogP) is 2.14. The SMILES string of the molecule is CC(C)CNC(=O)[C@H]1C[C@@H]2CN(C(=O)NCC3CCCCC3)C[C@H]1O2. The maximum Gasteiger partial charge on any atom is 0.317 e. The number of carbonyl (C=O) groups is 2. The van der Waals surface area contributed by atoms with Crippen molar-refractivity contribution in [3.63, 3.8) is 0 Å². The third-order valence-corrected chi connectivity index (χ3v) is 5.73. The van der Waals surface area contributed by atoms with Crippen LogP contribution < -0.4 is 10.6 Å². The van der Waals surface area contributed by atoms with E-state index in [9.17, 15) is 9.59 Å². The number of amides is 3. The summed E-state index contributed by atoms with van der Waals surface area (Å²) >= 11 is 0. The number of hydrogen-bond donors (Lipinski definition) is 2. The van der Waals surface area contributed by atoms with Crippen LogP contribution in [0.5, 0.6) is 0 Å². The van der Waals surface area contributed by atoms with E-state index in [1.165, 1.54) is 32.1 Å². The second-order valence-corrected chi connectivity index (χ2v) is 8.37. The van der Waals surface area contributed by atoms with Crippen molar-refractivity contribution in [1.82, 2.24) is 15.5 Å². The van der Waals surface area contributed by atoms with Crippen LogP contribution in [-0.2, 0) is 9.53 Å². The lowest BCUT2D eigenvalue weighted by Gasteiger charge is -2.33. The molecule has 1 aliphatic carbocycles. The van der Waals surface area contributed by atoms with Crippen LogP contribution in [0.15, 0.2) is 0 Å². The van der Waals surface area contributed by atoms with Crippen LogP contribution >= 0.6 is 0 Å². The summed E-state index contributed by atoms with van der Waals surface area (Å²) in [5.74, 6) is 1.02. The highest BCUT2D eigenvalue weighted by molar-refractivity contribution is 5.80. The number of morpholine rings is 1. The van der Waals surface area contributed by atoms with E-state index in [1.807, 2.05) is 4.90 Å². The predicted molar refractivity (Wildman–Crippen MR) is 96.2 cm³/mol. The number of rotatable bonds is 5. The molecule has 0 aromatic carbocycles. The molecule has 6 heteroatoms. The van der Waals surface area contributed by atoms with E-state index < -0.39 is 0 Å². The Labute approximate surface area is 151 Å². The fourth-order valence-corrected chi connectivity index (χ4v) is 4.27. The molecule has 2 heterocycles. The van der Waals surface area contributed by atoms with Crippen LogP contribution in [-0.4, -0.2) is 55.2 Å². The molecule has 2 bridgehead atoms. The summed E-state index contributed by atoms with van der Waals surface area (Å²) in [6.07, 6.45) is 6.92. The lowest BCUT2D eigenvalue weighted by molar-refractivity contribution is -0.127. The number of hydrogen-bond acceptors (Lipinski definition) is 3. The number of likely N-dealkylation sites (tertiary alicyclic amines) is 1. The quantitative estimate of drug-likeness (QED) is 0.797. The van der Waals surface area contributed by atoms with Crippen LogP contribution in [0.2, 0.25) is 0 Å². The molecule has 3 fully saturated rings. The molecule has 142 valence electrons. The molecule has 3 amide bonds. The van der Waals surface area contributed by atoms with Gasteiger partial charge in [-0.2, -0.15) is 0 Å². The highest BCUT2D eigenvalue weighted by atomic mass is 16.5. The Bertz CT molecular complexity index is 477. The molecule has 0 spiro atoms. The minimum atomic E-state index is -0.161. The van der Waals surface area contributed by atoms with Crippen LogP contribution in [0, 0.1) is 17.8 Å². The van der Waals surface area contributed by atoms with Gasteiger partial charge in [0.25, 0.3) is 0 Å². The van der Waals surface area contributed by atoms with Gasteiger partial charge in [0.05, 0.1) is 18.1 Å². The Balaban J connectivity index is 1.46. The van der Waals surface area contributed by atoms with E-state index in [1.54, 1.807) is 0 Å². The lowest BCUT2D eigenvalue weighted by Crippen LogP contribution is -2.51. The van der Waals surface area contributed by atoms with Gasteiger partial charge in [-0.3, -0.25) is 4.79 Å². The Hall–Kier alpha value is -1.30. The largest absolute Gasteiger partial charge is 0.370 e. The van der Waals surface area contributed by atoms with Crippen LogP contribution in [0.3, 0.4) is 0 Å². The summed E-state index contributed by atoms with van der Waals surface area (Å²) in [6, 6.07) is 0.00659. The van der Waals surface area contributed by atoms with Crippen molar-refractivity contribution in [2.45, 2.75) is 64.6 Å². The van der Waals surface area contributed by atoms with Gasteiger partial charge in [-0.1, -0.05) is 33.1 Å². The van der Waals surface area contributed by atoms with Gasteiger partial charge in [-0.15, -0.1) is 0 Å². The fraction of sp³-hybridized carbons (Fsp3) is 0.895. The Kier molecular flexibility index (Phi) is 6.20. The normalized spacial score (nSPS) is 29.7. The number of nitrogens with zero attached hydrogens (tertiary/aromatic N) is 1. The van der Waals surface area contributed by atoms with Crippen molar-refractivity contribution < 1.29 is 14.3 Å². The van der Waals surface area contributed by atoms with Crippen molar-refractivity contribution in [2.24, 2.45) is 17.8 Å². The third-order valence-electron chi connectivity index (χ3n) is 5.73.